The van der Waals surface area contributed by atoms with Crippen molar-refractivity contribution in [3.63, 3.8) is 0 Å². The molecule has 1 aromatic carbocycles. The van der Waals surface area contributed by atoms with E-state index in [0.29, 0.717) is 11.8 Å². The molecule has 5 rings (SSSR count). The van der Waals surface area contributed by atoms with E-state index in [9.17, 15) is 0 Å². The highest BCUT2D eigenvalue weighted by molar-refractivity contribution is 6.01. The van der Waals surface area contributed by atoms with Gasteiger partial charge in [0.25, 0.3) is 0 Å². The van der Waals surface area contributed by atoms with E-state index in [4.69, 9.17) is 10.2 Å². The quantitative estimate of drug-likeness (QED) is 0.522. The van der Waals surface area contributed by atoms with Crippen LogP contribution >= 0.6 is 0 Å². The number of nitriles is 1. The molecule has 1 N–H and O–H groups in total. The van der Waals surface area contributed by atoms with Crippen molar-refractivity contribution in [2.75, 3.05) is 0 Å². The van der Waals surface area contributed by atoms with Gasteiger partial charge < -0.3 is 4.98 Å². The molecular weight excluding hydrogens is 356 g/mol. The van der Waals surface area contributed by atoms with E-state index in [2.05, 4.69) is 41.9 Å². The third kappa shape index (κ3) is 4.77. The van der Waals surface area contributed by atoms with Gasteiger partial charge in [-0.25, -0.2) is 4.98 Å². The first-order chi connectivity index (χ1) is 14.3. The topological polar surface area (TPSA) is 65.4 Å². The molecule has 0 saturated heterocycles. The zero-order chi connectivity index (χ0) is 20.6. The molecular formula is C25H30N4. The molecule has 4 nitrogen and oxygen atoms in total. The van der Waals surface area contributed by atoms with Crippen LogP contribution in [0.15, 0.2) is 30.5 Å². The molecule has 1 atom stereocenters. The Labute approximate surface area is 173 Å². The number of hydrogen-bond acceptors (Lipinski definition) is 3. The van der Waals surface area contributed by atoms with Crippen molar-refractivity contribution in [3.8, 4) is 18.9 Å². The third-order valence-corrected chi connectivity index (χ3v) is 6.32. The molecule has 0 bridgehead atoms. The predicted molar refractivity (Wildman–Crippen MR) is 119 cm³/mol. The Hall–Kier alpha value is -2.85. The fourth-order valence-electron chi connectivity index (χ4n) is 4.24. The maximum absolute atomic E-state index is 8.44. The normalized spacial score (nSPS) is 17.9. The van der Waals surface area contributed by atoms with Gasteiger partial charge in [-0.2, -0.15) is 5.26 Å². The number of H-pyrrole nitrogens is 1. The van der Waals surface area contributed by atoms with Gasteiger partial charge in [-0.15, -0.1) is 12.8 Å². The number of aromatic nitrogens is 3. The lowest BCUT2D eigenvalue weighted by Crippen LogP contribution is -2.18. The highest BCUT2D eigenvalue weighted by Crippen LogP contribution is 2.38. The van der Waals surface area contributed by atoms with Gasteiger partial charge in [0, 0.05) is 17.2 Å². The lowest BCUT2D eigenvalue weighted by molar-refractivity contribution is 0.266. The number of benzene rings is 1. The van der Waals surface area contributed by atoms with Crippen LogP contribution in [0, 0.1) is 36.0 Å². The van der Waals surface area contributed by atoms with E-state index in [1.54, 1.807) is 0 Å². The predicted octanol–water partition coefficient (Wildman–Crippen LogP) is 6.35. The summed E-state index contributed by atoms with van der Waals surface area (Å²) in [5, 5.41) is 9.58. The molecule has 0 aliphatic heterocycles. The molecule has 2 saturated carbocycles. The zero-order valence-electron chi connectivity index (χ0n) is 17.3. The van der Waals surface area contributed by atoms with Gasteiger partial charge in [-0.1, -0.05) is 50.8 Å². The van der Waals surface area contributed by atoms with Gasteiger partial charge in [-0.05, 0) is 37.7 Å². The number of aromatic amines is 1. The first kappa shape index (κ1) is 20.9. The average Bonchev–Trinajstić information content (AvgIpc) is 3.20. The van der Waals surface area contributed by atoms with Gasteiger partial charge in [0.2, 0.25) is 0 Å². The second-order valence-corrected chi connectivity index (χ2v) is 8.10. The van der Waals surface area contributed by atoms with Crippen LogP contribution in [0.2, 0.25) is 0 Å². The highest BCUT2D eigenvalue weighted by Gasteiger charge is 2.27. The lowest BCUT2D eigenvalue weighted by atomic mass is 9.76. The average molecular weight is 387 g/mol. The van der Waals surface area contributed by atoms with Gasteiger partial charge >= 0.3 is 0 Å². The maximum Gasteiger partial charge on any atom is 0.110 e. The number of para-hydroxylation sites is 1. The second kappa shape index (κ2) is 10.1. The molecule has 2 fully saturated rings. The van der Waals surface area contributed by atoms with Crippen molar-refractivity contribution in [1.29, 1.82) is 5.26 Å². The minimum Gasteiger partial charge on any atom is -0.340 e. The number of hydrogen-bond donors (Lipinski definition) is 1. The summed E-state index contributed by atoms with van der Waals surface area (Å²) >= 11 is 0. The van der Waals surface area contributed by atoms with Crippen molar-refractivity contribution < 1.29 is 0 Å². The minimum atomic E-state index is 0.392. The van der Waals surface area contributed by atoms with Gasteiger partial charge in [-0.3, -0.25) is 4.98 Å². The van der Waals surface area contributed by atoms with Crippen LogP contribution in [0.3, 0.4) is 0 Å². The molecule has 0 amide bonds. The summed E-state index contributed by atoms with van der Waals surface area (Å²) in [6.45, 7) is 2.29. The Kier molecular flexibility index (Phi) is 7.25. The maximum atomic E-state index is 8.44. The van der Waals surface area contributed by atoms with Crippen molar-refractivity contribution >= 4 is 21.9 Å². The van der Waals surface area contributed by atoms with Crippen LogP contribution in [-0.4, -0.2) is 15.0 Å². The fourth-order valence-corrected chi connectivity index (χ4v) is 4.24. The molecule has 2 aliphatic rings. The summed E-state index contributed by atoms with van der Waals surface area (Å²) in [5.74, 6) is 2.85. The minimum absolute atomic E-state index is 0.392. The SMILES string of the molecule is C#C.C[C@H](c1nc2c(cnc3ccccc32)[nH]1)C1CCC1.N#CC1CCCCC1. The molecule has 4 heteroatoms. The smallest absolute Gasteiger partial charge is 0.110 e. The summed E-state index contributed by atoms with van der Waals surface area (Å²) < 4.78 is 0. The second-order valence-electron chi connectivity index (χ2n) is 8.10. The number of terminal acetylenes is 1. The number of nitrogens with one attached hydrogen (secondary N) is 1. The van der Waals surface area contributed by atoms with Crippen molar-refractivity contribution in [2.24, 2.45) is 11.8 Å². The molecule has 2 heterocycles. The Morgan fingerprint density at radius 2 is 1.79 bits per heavy atom. The first-order valence-electron chi connectivity index (χ1n) is 10.7. The number of imidazole rings is 1. The van der Waals surface area contributed by atoms with E-state index in [0.717, 1.165) is 46.5 Å². The standard InChI is InChI=1S/C16H17N3.C7H11N.C2H2/c1-10(11-5-4-6-11)16-18-14-9-17-13-8-3-2-7-12(13)15(14)19-16;8-6-7-4-2-1-3-5-7;1-2/h2-3,7-11H,4-6H2,1H3,(H,18,19);7H,1-5H2;1-2H/t10-;;/m0../s1. The van der Waals surface area contributed by atoms with E-state index in [1.807, 2.05) is 24.4 Å². The lowest BCUT2D eigenvalue weighted by Gasteiger charge is -2.30. The van der Waals surface area contributed by atoms with E-state index in [-0.39, 0.29) is 0 Å². The Morgan fingerprint density at radius 1 is 1.07 bits per heavy atom. The van der Waals surface area contributed by atoms with Crippen LogP contribution in [-0.2, 0) is 0 Å². The van der Waals surface area contributed by atoms with Crippen LogP contribution in [0.4, 0.5) is 0 Å². The Bertz CT molecular complexity index is 984. The molecule has 2 aliphatic carbocycles. The fraction of sp³-hybridized carbons (Fsp3) is 0.480. The van der Waals surface area contributed by atoms with E-state index >= 15 is 0 Å². The summed E-state index contributed by atoms with van der Waals surface area (Å²) in [7, 11) is 0. The number of fused-ring (bicyclic) bond motifs is 3. The Morgan fingerprint density at radius 3 is 2.41 bits per heavy atom. The van der Waals surface area contributed by atoms with Crippen LogP contribution in [0.5, 0.6) is 0 Å². The molecule has 0 spiro atoms. The van der Waals surface area contributed by atoms with Crippen LogP contribution < -0.4 is 0 Å². The largest absolute Gasteiger partial charge is 0.340 e. The molecule has 29 heavy (non-hydrogen) atoms. The number of rotatable bonds is 2. The molecule has 150 valence electrons. The molecule has 2 aromatic heterocycles. The number of pyridine rings is 1. The van der Waals surface area contributed by atoms with Crippen molar-refractivity contribution in [3.05, 3.63) is 36.3 Å². The summed E-state index contributed by atoms with van der Waals surface area (Å²) in [5.41, 5.74) is 3.14. The molecule has 0 radical (unpaired) electrons. The zero-order valence-corrected chi connectivity index (χ0v) is 17.3. The monoisotopic (exact) mass is 386 g/mol. The molecule has 0 unspecified atom stereocenters. The van der Waals surface area contributed by atoms with Crippen molar-refractivity contribution in [2.45, 2.75) is 64.2 Å². The number of nitrogens with zero attached hydrogens (tertiary/aromatic N) is 3. The Balaban J connectivity index is 0.000000203. The summed E-state index contributed by atoms with van der Waals surface area (Å²) in [6, 6.07) is 10.5. The molecule has 3 aromatic rings. The third-order valence-electron chi connectivity index (χ3n) is 6.32. The van der Waals surface area contributed by atoms with Crippen molar-refractivity contribution in [1.82, 2.24) is 15.0 Å². The van der Waals surface area contributed by atoms with Gasteiger partial charge in [0.05, 0.1) is 28.8 Å². The van der Waals surface area contributed by atoms with Gasteiger partial charge in [0.1, 0.15) is 5.82 Å². The summed E-state index contributed by atoms with van der Waals surface area (Å²) in [6.07, 6.45) is 20.2. The summed E-state index contributed by atoms with van der Waals surface area (Å²) in [4.78, 5) is 12.8. The first-order valence-corrected chi connectivity index (χ1v) is 10.7. The highest BCUT2D eigenvalue weighted by atomic mass is 14.9. The van der Waals surface area contributed by atoms with Gasteiger partial charge in [0.15, 0.2) is 0 Å². The van der Waals surface area contributed by atoms with E-state index < -0.39 is 0 Å². The van der Waals surface area contributed by atoms with Crippen LogP contribution in [0.25, 0.3) is 21.9 Å². The van der Waals surface area contributed by atoms with E-state index in [1.165, 1.54) is 38.5 Å². The van der Waals surface area contributed by atoms with Crippen LogP contribution in [0.1, 0.15) is 70.0 Å².